The molecule has 9 nitrogen and oxygen atoms in total. The van der Waals surface area contributed by atoms with E-state index in [-0.39, 0.29) is 24.0 Å². The maximum absolute atomic E-state index is 12.9. The van der Waals surface area contributed by atoms with Gasteiger partial charge in [0.05, 0.1) is 28.0 Å². The van der Waals surface area contributed by atoms with Crippen molar-refractivity contribution < 1.29 is 27.4 Å². The number of amides is 1. The minimum absolute atomic E-state index is 0.0737. The van der Waals surface area contributed by atoms with Crippen LogP contribution < -0.4 is 25.4 Å². The Hall–Kier alpha value is -4.16. The van der Waals surface area contributed by atoms with Gasteiger partial charge in [-0.15, -0.1) is 0 Å². The van der Waals surface area contributed by atoms with E-state index in [9.17, 15) is 18.0 Å². The van der Waals surface area contributed by atoms with E-state index in [1.54, 1.807) is 24.4 Å². The molecule has 4 aromatic rings. The lowest BCUT2D eigenvalue weighted by Crippen LogP contribution is -2.35. The monoisotopic (exact) mass is 572 g/mol. The highest BCUT2D eigenvalue weighted by Crippen LogP contribution is 2.36. The minimum atomic E-state index is -4.56. The van der Waals surface area contributed by atoms with Crippen molar-refractivity contribution in [3.05, 3.63) is 71.8 Å². The van der Waals surface area contributed by atoms with Crippen LogP contribution >= 0.6 is 11.6 Å². The fourth-order valence-electron chi connectivity index (χ4n) is 4.16. The van der Waals surface area contributed by atoms with E-state index in [4.69, 9.17) is 21.1 Å². The van der Waals surface area contributed by atoms with Crippen LogP contribution in [0, 0.1) is 0 Å². The molecule has 1 atom stereocenters. The third-order valence-electron chi connectivity index (χ3n) is 6.06. The lowest BCUT2D eigenvalue weighted by atomic mass is 10.1. The molecule has 3 N–H and O–H groups in total. The average Bonchev–Trinajstić information content (AvgIpc) is 3.47. The molecule has 0 bridgehead atoms. The summed E-state index contributed by atoms with van der Waals surface area (Å²) in [5.41, 5.74) is 1.71. The molecule has 1 amide bonds. The molecule has 2 aromatic heterocycles. The highest BCUT2D eigenvalue weighted by molar-refractivity contribution is 6.32. The molecule has 1 fully saturated rings. The Balaban J connectivity index is 1.40. The Bertz CT molecular complexity index is 1500. The first kappa shape index (κ1) is 27.4. The Morgan fingerprint density at radius 2 is 1.95 bits per heavy atom. The topological polar surface area (TPSA) is 110 Å². The largest absolute Gasteiger partial charge is 0.486 e. The number of hydrogen-bond donors (Lipinski definition) is 3. The number of carbonyl (C=O) groups is 1. The average molecular weight is 573 g/mol. The van der Waals surface area contributed by atoms with E-state index in [0.29, 0.717) is 46.1 Å². The summed E-state index contributed by atoms with van der Waals surface area (Å²) in [5.74, 6) is 0.286. The normalized spacial score (nSPS) is 15.2. The fraction of sp³-hybridized carbons (Fsp3) is 0.259. The molecule has 0 aliphatic carbocycles. The third kappa shape index (κ3) is 6.88. The molecule has 2 aromatic carbocycles. The van der Waals surface area contributed by atoms with Crippen molar-refractivity contribution in [1.29, 1.82) is 0 Å². The maximum Gasteiger partial charge on any atom is 0.422 e. The third-order valence-corrected chi connectivity index (χ3v) is 6.35. The Labute approximate surface area is 232 Å². The van der Waals surface area contributed by atoms with Crippen molar-refractivity contribution in [3.8, 4) is 11.5 Å². The SMILES string of the molecule is O=C(Nc1cc2c(Nc3ccc(OCc4ccccn4)c(Cl)c3)ncnc2cc1OCC(F)(F)F)[C@H]1CCCN1. The number of aromatic nitrogens is 3. The quantitative estimate of drug-likeness (QED) is 0.237. The number of hydrogen-bond acceptors (Lipinski definition) is 8. The highest BCUT2D eigenvalue weighted by atomic mass is 35.5. The van der Waals surface area contributed by atoms with Crippen LogP contribution in [0.25, 0.3) is 10.9 Å². The Morgan fingerprint density at radius 1 is 1.07 bits per heavy atom. The molecule has 40 heavy (non-hydrogen) atoms. The summed E-state index contributed by atoms with van der Waals surface area (Å²) in [5, 5.41) is 9.71. The van der Waals surface area contributed by atoms with Crippen LogP contribution in [-0.2, 0) is 11.4 Å². The van der Waals surface area contributed by atoms with Crippen LogP contribution in [-0.4, -0.2) is 46.2 Å². The van der Waals surface area contributed by atoms with Crippen LogP contribution in [0.1, 0.15) is 18.5 Å². The number of fused-ring (bicyclic) bond motifs is 1. The van der Waals surface area contributed by atoms with Crippen molar-refractivity contribution in [2.24, 2.45) is 0 Å². The molecule has 5 rings (SSSR count). The lowest BCUT2D eigenvalue weighted by molar-refractivity contribution is -0.153. The number of benzene rings is 2. The first-order valence-electron chi connectivity index (χ1n) is 12.4. The zero-order chi connectivity index (χ0) is 28.1. The molecule has 13 heteroatoms. The van der Waals surface area contributed by atoms with Crippen molar-refractivity contribution in [2.75, 3.05) is 23.8 Å². The second kappa shape index (κ2) is 11.9. The number of anilines is 3. The first-order chi connectivity index (χ1) is 19.2. The van der Waals surface area contributed by atoms with Crippen LogP contribution in [0.3, 0.4) is 0 Å². The zero-order valence-corrected chi connectivity index (χ0v) is 21.7. The van der Waals surface area contributed by atoms with Gasteiger partial charge in [0.15, 0.2) is 6.61 Å². The number of rotatable bonds is 9. The van der Waals surface area contributed by atoms with Gasteiger partial charge in [-0.3, -0.25) is 9.78 Å². The van der Waals surface area contributed by atoms with Gasteiger partial charge in [0.2, 0.25) is 5.91 Å². The lowest BCUT2D eigenvalue weighted by Gasteiger charge is -2.18. The standard InChI is InChI=1S/C27H24ClF3N6O3/c28-19-10-16(6-7-23(19)39-13-17-4-1-2-8-32-17)36-25-18-11-22(37-26(38)20-5-3-9-33-20)24(40-14-27(29,30)31)12-21(18)34-15-35-25/h1-2,4,6-8,10-12,15,20,33H,3,5,9,13-14H2,(H,37,38)(H,34,35,36)/t20-/m1/s1. The van der Waals surface area contributed by atoms with Crippen LogP contribution in [0.4, 0.5) is 30.4 Å². The summed E-state index contributed by atoms with van der Waals surface area (Å²) in [6.07, 6.45) is -0.173. The van der Waals surface area contributed by atoms with E-state index in [1.807, 2.05) is 18.2 Å². The molecular weight excluding hydrogens is 549 g/mol. The van der Waals surface area contributed by atoms with E-state index < -0.39 is 18.8 Å². The second-order valence-electron chi connectivity index (χ2n) is 9.01. The van der Waals surface area contributed by atoms with E-state index >= 15 is 0 Å². The number of nitrogens with one attached hydrogen (secondary N) is 3. The summed E-state index contributed by atoms with van der Waals surface area (Å²) in [6.45, 7) is -0.593. The predicted octanol–water partition coefficient (Wildman–Crippen LogP) is 5.63. The molecule has 1 saturated heterocycles. The van der Waals surface area contributed by atoms with Crippen molar-refractivity contribution >= 4 is 45.6 Å². The minimum Gasteiger partial charge on any atom is -0.486 e. The van der Waals surface area contributed by atoms with Gasteiger partial charge in [-0.1, -0.05) is 17.7 Å². The molecule has 0 spiro atoms. The number of halogens is 4. The van der Waals surface area contributed by atoms with Gasteiger partial charge in [-0.25, -0.2) is 9.97 Å². The summed E-state index contributed by atoms with van der Waals surface area (Å²) in [6, 6.07) is 13.0. The molecule has 1 aliphatic rings. The Kier molecular flexibility index (Phi) is 8.17. The van der Waals surface area contributed by atoms with Crippen LogP contribution in [0.15, 0.2) is 61.1 Å². The van der Waals surface area contributed by atoms with Crippen molar-refractivity contribution in [1.82, 2.24) is 20.3 Å². The number of alkyl halides is 3. The summed E-state index contributed by atoms with van der Waals surface area (Å²) < 4.78 is 49.6. The van der Waals surface area contributed by atoms with Crippen LogP contribution in [0.2, 0.25) is 5.02 Å². The number of pyridine rings is 1. The van der Waals surface area contributed by atoms with Gasteiger partial charge in [0, 0.05) is 23.3 Å². The van der Waals surface area contributed by atoms with Crippen LogP contribution in [0.5, 0.6) is 11.5 Å². The molecular formula is C27H24ClF3N6O3. The maximum atomic E-state index is 12.9. The van der Waals surface area contributed by atoms with Gasteiger partial charge < -0.3 is 25.4 Å². The number of ether oxygens (including phenoxy) is 2. The van der Waals surface area contributed by atoms with E-state index in [1.165, 1.54) is 18.5 Å². The summed E-state index contributed by atoms with van der Waals surface area (Å²) in [7, 11) is 0. The highest BCUT2D eigenvalue weighted by Gasteiger charge is 2.30. The van der Waals surface area contributed by atoms with Gasteiger partial charge >= 0.3 is 6.18 Å². The van der Waals surface area contributed by atoms with Gasteiger partial charge in [0.1, 0.15) is 30.3 Å². The molecule has 0 radical (unpaired) electrons. The number of nitrogens with zero attached hydrogens (tertiary/aromatic N) is 3. The van der Waals surface area contributed by atoms with Gasteiger partial charge in [-0.05, 0) is 55.8 Å². The van der Waals surface area contributed by atoms with E-state index in [2.05, 4.69) is 30.9 Å². The summed E-state index contributed by atoms with van der Waals surface area (Å²) in [4.78, 5) is 25.5. The molecule has 0 unspecified atom stereocenters. The Morgan fingerprint density at radius 3 is 2.67 bits per heavy atom. The van der Waals surface area contributed by atoms with Gasteiger partial charge in [-0.2, -0.15) is 13.2 Å². The van der Waals surface area contributed by atoms with E-state index in [0.717, 1.165) is 12.1 Å². The fourth-order valence-corrected chi connectivity index (χ4v) is 4.39. The van der Waals surface area contributed by atoms with Crippen molar-refractivity contribution in [3.63, 3.8) is 0 Å². The van der Waals surface area contributed by atoms with Crippen molar-refractivity contribution in [2.45, 2.75) is 31.7 Å². The zero-order valence-electron chi connectivity index (χ0n) is 21.0. The van der Waals surface area contributed by atoms with Gasteiger partial charge in [0.25, 0.3) is 0 Å². The predicted molar refractivity (Wildman–Crippen MR) is 144 cm³/mol. The smallest absolute Gasteiger partial charge is 0.422 e. The summed E-state index contributed by atoms with van der Waals surface area (Å²) >= 11 is 6.44. The molecule has 1 aliphatic heterocycles. The molecule has 208 valence electrons. The number of carbonyl (C=O) groups excluding carboxylic acids is 1. The second-order valence-corrected chi connectivity index (χ2v) is 9.42. The molecule has 3 heterocycles. The first-order valence-corrected chi connectivity index (χ1v) is 12.7. The molecule has 0 saturated carbocycles.